The van der Waals surface area contributed by atoms with Crippen LogP contribution >= 0.6 is 31.9 Å². The number of hydrogen-bond donors (Lipinski definition) is 2. The Labute approximate surface area is 226 Å². The van der Waals surface area contributed by atoms with Crippen molar-refractivity contribution in [3.8, 4) is 17.2 Å². The van der Waals surface area contributed by atoms with Gasteiger partial charge in [-0.05, 0) is 72.2 Å². The zero-order chi connectivity index (χ0) is 25.9. The van der Waals surface area contributed by atoms with Gasteiger partial charge in [0.25, 0.3) is 11.8 Å². The average Bonchev–Trinajstić information content (AvgIpc) is 2.85. The lowest BCUT2D eigenvalue weighted by Crippen LogP contribution is -2.21. The van der Waals surface area contributed by atoms with Gasteiger partial charge in [0.2, 0.25) is 0 Å². The SMILES string of the molecule is CCOc1ccc(C(=O)N/N=C/c2cc(Br)cc(Br)c2OCC(=O)Nc2ccccc2)cc1OCC. The fourth-order valence-electron chi connectivity index (χ4n) is 3.10. The topological polar surface area (TPSA) is 98.3 Å². The molecule has 0 heterocycles. The van der Waals surface area contributed by atoms with Crippen LogP contribution in [0.15, 0.2) is 74.7 Å². The summed E-state index contributed by atoms with van der Waals surface area (Å²) in [6.45, 7) is 4.44. The molecule has 0 spiro atoms. The monoisotopic (exact) mass is 617 g/mol. The first-order valence-electron chi connectivity index (χ1n) is 11.1. The molecule has 0 saturated carbocycles. The lowest BCUT2D eigenvalue weighted by Gasteiger charge is -2.12. The third kappa shape index (κ3) is 7.82. The minimum Gasteiger partial charge on any atom is -0.490 e. The number of hydrogen-bond acceptors (Lipinski definition) is 6. The highest BCUT2D eigenvalue weighted by Crippen LogP contribution is 2.32. The first kappa shape index (κ1) is 27.2. The summed E-state index contributed by atoms with van der Waals surface area (Å²) >= 11 is 6.88. The van der Waals surface area contributed by atoms with Crippen molar-refractivity contribution >= 4 is 55.6 Å². The summed E-state index contributed by atoms with van der Waals surface area (Å²) in [6, 6.07) is 17.6. The van der Waals surface area contributed by atoms with Crippen molar-refractivity contribution in [1.29, 1.82) is 0 Å². The Morgan fingerprint density at radius 1 is 0.917 bits per heavy atom. The Balaban J connectivity index is 1.69. The fourth-order valence-corrected chi connectivity index (χ4v) is 4.47. The van der Waals surface area contributed by atoms with Crippen LogP contribution in [-0.2, 0) is 4.79 Å². The standard InChI is InChI=1S/C26H25Br2N3O5/c1-3-34-22-11-10-17(13-23(22)35-4-2)26(33)31-29-15-18-12-19(27)14-21(28)25(18)36-16-24(32)30-20-8-6-5-7-9-20/h5-15H,3-4,16H2,1-2H3,(H,30,32)(H,31,33)/b29-15+. The van der Waals surface area contributed by atoms with E-state index in [0.717, 1.165) is 4.47 Å². The van der Waals surface area contributed by atoms with Crippen LogP contribution in [0.2, 0.25) is 0 Å². The summed E-state index contributed by atoms with van der Waals surface area (Å²) in [5, 5.41) is 6.84. The largest absolute Gasteiger partial charge is 0.490 e. The molecule has 0 aromatic heterocycles. The van der Waals surface area contributed by atoms with Crippen LogP contribution in [0.5, 0.6) is 17.2 Å². The molecule has 2 N–H and O–H groups in total. The van der Waals surface area contributed by atoms with Crippen molar-refractivity contribution in [2.24, 2.45) is 5.10 Å². The molecule has 0 atom stereocenters. The number of nitrogens with one attached hydrogen (secondary N) is 2. The second kappa shape index (κ2) is 13.6. The number of benzene rings is 3. The predicted molar refractivity (Wildman–Crippen MR) is 146 cm³/mol. The number of carbonyl (C=O) groups excluding carboxylic acids is 2. The molecule has 0 aliphatic rings. The second-order valence-electron chi connectivity index (χ2n) is 7.24. The minimum absolute atomic E-state index is 0.214. The van der Waals surface area contributed by atoms with Gasteiger partial charge in [-0.1, -0.05) is 34.1 Å². The van der Waals surface area contributed by atoms with Gasteiger partial charge in [-0.25, -0.2) is 5.43 Å². The van der Waals surface area contributed by atoms with Crippen molar-refractivity contribution < 1.29 is 23.8 Å². The van der Waals surface area contributed by atoms with Crippen molar-refractivity contribution in [3.05, 3.63) is 80.7 Å². The van der Waals surface area contributed by atoms with E-state index in [1.54, 1.807) is 42.5 Å². The Hall–Kier alpha value is -3.37. The lowest BCUT2D eigenvalue weighted by atomic mass is 10.2. The molecule has 0 radical (unpaired) electrons. The van der Waals surface area contributed by atoms with E-state index in [9.17, 15) is 9.59 Å². The summed E-state index contributed by atoms with van der Waals surface area (Å²) in [5.41, 5.74) is 4.09. The molecule has 10 heteroatoms. The van der Waals surface area contributed by atoms with Crippen LogP contribution in [0.1, 0.15) is 29.8 Å². The summed E-state index contributed by atoms with van der Waals surface area (Å²) in [6.07, 6.45) is 1.44. The molecule has 0 fully saturated rings. The fraction of sp³-hybridized carbons (Fsp3) is 0.192. The van der Waals surface area contributed by atoms with Crippen molar-refractivity contribution in [3.63, 3.8) is 0 Å². The van der Waals surface area contributed by atoms with E-state index in [1.165, 1.54) is 6.21 Å². The van der Waals surface area contributed by atoms with Gasteiger partial charge in [0.05, 0.1) is 23.9 Å². The highest BCUT2D eigenvalue weighted by molar-refractivity contribution is 9.11. The van der Waals surface area contributed by atoms with Gasteiger partial charge in [0.15, 0.2) is 18.1 Å². The van der Waals surface area contributed by atoms with Gasteiger partial charge in [-0.15, -0.1) is 0 Å². The van der Waals surface area contributed by atoms with Gasteiger partial charge in [0.1, 0.15) is 5.75 Å². The predicted octanol–water partition coefficient (Wildman–Crippen LogP) is 5.79. The number of amides is 2. The molecule has 3 aromatic rings. The van der Waals surface area contributed by atoms with Gasteiger partial charge in [-0.3, -0.25) is 9.59 Å². The maximum absolute atomic E-state index is 12.6. The van der Waals surface area contributed by atoms with E-state index in [1.807, 2.05) is 32.0 Å². The number of rotatable bonds is 11. The second-order valence-corrected chi connectivity index (χ2v) is 9.01. The van der Waals surface area contributed by atoms with Gasteiger partial charge in [-0.2, -0.15) is 5.10 Å². The smallest absolute Gasteiger partial charge is 0.271 e. The molecule has 8 nitrogen and oxygen atoms in total. The number of carbonyl (C=O) groups is 2. The highest BCUT2D eigenvalue weighted by Gasteiger charge is 2.13. The molecule has 0 aliphatic carbocycles. The number of para-hydroxylation sites is 1. The first-order chi connectivity index (χ1) is 17.4. The Morgan fingerprint density at radius 2 is 1.64 bits per heavy atom. The van der Waals surface area contributed by atoms with E-state index >= 15 is 0 Å². The zero-order valence-electron chi connectivity index (χ0n) is 19.7. The van der Waals surface area contributed by atoms with Crippen molar-refractivity contribution in [2.75, 3.05) is 25.1 Å². The maximum atomic E-state index is 12.6. The van der Waals surface area contributed by atoms with E-state index in [4.69, 9.17) is 14.2 Å². The van der Waals surface area contributed by atoms with E-state index in [-0.39, 0.29) is 12.5 Å². The van der Waals surface area contributed by atoms with Crippen LogP contribution in [0, 0.1) is 0 Å². The van der Waals surface area contributed by atoms with Crippen molar-refractivity contribution in [1.82, 2.24) is 5.43 Å². The molecular weight excluding hydrogens is 594 g/mol. The maximum Gasteiger partial charge on any atom is 0.271 e. The third-order valence-corrected chi connectivity index (χ3v) is 5.66. The number of hydrazone groups is 1. The molecular formula is C26H25Br2N3O5. The third-order valence-electron chi connectivity index (χ3n) is 4.62. The van der Waals surface area contributed by atoms with E-state index < -0.39 is 5.91 Å². The molecule has 188 valence electrons. The molecule has 0 aliphatic heterocycles. The van der Waals surface area contributed by atoms with Crippen LogP contribution < -0.4 is 25.0 Å². The average molecular weight is 619 g/mol. The lowest BCUT2D eigenvalue weighted by molar-refractivity contribution is -0.118. The van der Waals surface area contributed by atoms with Gasteiger partial charge in [0, 0.05) is 21.3 Å². The summed E-state index contributed by atoms with van der Waals surface area (Å²) in [7, 11) is 0. The first-order valence-corrected chi connectivity index (χ1v) is 12.7. The summed E-state index contributed by atoms with van der Waals surface area (Å²) in [5.74, 6) is 0.716. The Bertz CT molecular complexity index is 1240. The van der Waals surface area contributed by atoms with Crippen molar-refractivity contribution in [2.45, 2.75) is 13.8 Å². The van der Waals surface area contributed by atoms with E-state index in [2.05, 4.69) is 47.7 Å². The summed E-state index contributed by atoms with van der Waals surface area (Å²) < 4.78 is 18.3. The van der Waals surface area contributed by atoms with Crippen LogP contribution in [0.4, 0.5) is 5.69 Å². The Kier molecular flexibility index (Phi) is 10.3. The van der Waals surface area contributed by atoms with E-state index in [0.29, 0.717) is 51.7 Å². The molecule has 2 amide bonds. The van der Waals surface area contributed by atoms with Crippen LogP contribution in [0.3, 0.4) is 0 Å². The highest BCUT2D eigenvalue weighted by atomic mass is 79.9. The minimum atomic E-state index is -0.422. The summed E-state index contributed by atoms with van der Waals surface area (Å²) in [4.78, 5) is 24.9. The van der Waals surface area contributed by atoms with Gasteiger partial charge >= 0.3 is 0 Å². The number of nitrogens with zero attached hydrogens (tertiary/aromatic N) is 1. The van der Waals surface area contributed by atoms with Gasteiger partial charge < -0.3 is 19.5 Å². The zero-order valence-corrected chi connectivity index (χ0v) is 22.9. The molecule has 3 rings (SSSR count). The van der Waals surface area contributed by atoms with Crippen LogP contribution in [0.25, 0.3) is 0 Å². The number of ether oxygens (including phenoxy) is 3. The molecule has 36 heavy (non-hydrogen) atoms. The number of halogens is 2. The Morgan fingerprint density at radius 3 is 2.36 bits per heavy atom. The molecule has 0 bridgehead atoms. The molecule has 3 aromatic carbocycles. The normalized spacial score (nSPS) is 10.7. The molecule has 0 saturated heterocycles. The van der Waals surface area contributed by atoms with Crippen LogP contribution in [-0.4, -0.2) is 37.8 Å². The number of anilines is 1. The molecule has 0 unspecified atom stereocenters. The quantitative estimate of drug-likeness (QED) is 0.209.